The fraction of sp³-hybridized carbons (Fsp3) is 0.889. The van der Waals surface area contributed by atoms with E-state index in [1.54, 1.807) is 6.92 Å². The van der Waals surface area contributed by atoms with Crippen molar-refractivity contribution >= 4 is 5.97 Å². The van der Waals surface area contributed by atoms with Gasteiger partial charge in [-0.25, -0.2) is 0 Å². The van der Waals surface area contributed by atoms with Gasteiger partial charge < -0.3 is 10.8 Å². The summed E-state index contributed by atoms with van der Waals surface area (Å²) in [5, 5.41) is 8.70. The first-order chi connectivity index (χ1) is 5.37. The molecule has 0 heterocycles. The van der Waals surface area contributed by atoms with Gasteiger partial charge in [0.05, 0.1) is 5.92 Å². The Morgan fingerprint density at radius 1 is 1.25 bits per heavy atom. The van der Waals surface area contributed by atoms with E-state index >= 15 is 0 Å². The van der Waals surface area contributed by atoms with E-state index in [9.17, 15) is 4.79 Å². The SMILES string of the molecule is CC(C)C(C)C(N)C(C)C(=O)O. The Morgan fingerprint density at radius 2 is 1.67 bits per heavy atom. The Balaban J connectivity index is 4.18. The summed E-state index contributed by atoms with van der Waals surface area (Å²) < 4.78 is 0. The Bertz CT molecular complexity index is 157. The third kappa shape index (κ3) is 2.81. The van der Waals surface area contributed by atoms with Gasteiger partial charge in [-0.15, -0.1) is 0 Å². The molecule has 0 aliphatic rings. The Hall–Kier alpha value is -0.570. The minimum atomic E-state index is -0.810. The monoisotopic (exact) mass is 173 g/mol. The second-order valence-electron chi connectivity index (χ2n) is 3.81. The normalized spacial score (nSPS) is 18.8. The molecule has 0 bridgehead atoms. The fourth-order valence-corrected chi connectivity index (χ4v) is 1.06. The highest BCUT2D eigenvalue weighted by Crippen LogP contribution is 2.18. The lowest BCUT2D eigenvalue weighted by Gasteiger charge is -2.26. The zero-order valence-corrected chi connectivity index (χ0v) is 8.24. The first-order valence-corrected chi connectivity index (χ1v) is 4.36. The van der Waals surface area contributed by atoms with Gasteiger partial charge in [-0.2, -0.15) is 0 Å². The van der Waals surface area contributed by atoms with E-state index in [0.29, 0.717) is 5.92 Å². The number of hydrogen-bond donors (Lipinski definition) is 2. The van der Waals surface area contributed by atoms with Crippen LogP contribution in [0, 0.1) is 17.8 Å². The molecule has 3 heteroatoms. The smallest absolute Gasteiger partial charge is 0.307 e. The van der Waals surface area contributed by atoms with Crippen LogP contribution >= 0.6 is 0 Å². The van der Waals surface area contributed by atoms with E-state index in [1.807, 2.05) is 6.92 Å². The van der Waals surface area contributed by atoms with Gasteiger partial charge in [0.15, 0.2) is 0 Å². The van der Waals surface area contributed by atoms with Crippen molar-refractivity contribution in [3.05, 3.63) is 0 Å². The van der Waals surface area contributed by atoms with Crippen LogP contribution in [0.4, 0.5) is 0 Å². The molecular formula is C9H19NO2. The van der Waals surface area contributed by atoms with Crippen molar-refractivity contribution < 1.29 is 9.90 Å². The van der Waals surface area contributed by atoms with Crippen LogP contribution in [-0.4, -0.2) is 17.1 Å². The molecule has 0 aliphatic heterocycles. The number of carbonyl (C=O) groups is 1. The summed E-state index contributed by atoms with van der Waals surface area (Å²) in [6.45, 7) is 7.76. The van der Waals surface area contributed by atoms with Crippen molar-refractivity contribution in [3.8, 4) is 0 Å². The quantitative estimate of drug-likeness (QED) is 0.674. The highest BCUT2D eigenvalue weighted by molar-refractivity contribution is 5.70. The van der Waals surface area contributed by atoms with Gasteiger partial charge in [0.2, 0.25) is 0 Å². The second kappa shape index (κ2) is 4.45. The van der Waals surface area contributed by atoms with Gasteiger partial charge >= 0.3 is 5.97 Å². The van der Waals surface area contributed by atoms with Crippen LogP contribution in [0.5, 0.6) is 0 Å². The summed E-state index contributed by atoms with van der Waals surface area (Å²) in [4.78, 5) is 10.6. The minimum absolute atomic E-state index is 0.246. The predicted molar refractivity (Wildman–Crippen MR) is 48.8 cm³/mol. The molecule has 3 N–H and O–H groups in total. The lowest BCUT2D eigenvalue weighted by Crippen LogP contribution is -2.40. The molecule has 0 rings (SSSR count). The average Bonchev–Trinajstić information content (AvgIpc) is 2.00. The molecule has 0 radical (unpaired) electrons. The molecule has 12 heavy (non-hydrogen) atoms. The Kier molecular flexibility index (Phi) is 4.24. The lowest BCUT2D eigenvalue weighted by atomic mass is 9.84. The van der Waals surface area contributed by atoms with Gasteiger partial charge in [0.25, 0.3) is 0 Å². The molecule has 0 aromatic heterocycles. The Labute approximate surface area is 74.0 Å². The molecule has 0 aliphatic carbocycles. The van der Waals surface area contributed by atoms with E-state index in [0.717, 1.165) is 0 Å². The highest BCUT2D eigenvalue weighted by atomic mass is 16.4. The maximum absolute atomic E-state index is 10.6. The molecular weight excluding hydrogens is 154 g/mol. The second-order valence-corrected chi connectivity index (χ2v) is 3.81. The van der Waals surface area contributed by atoms with Crippen molar-refractivity contribution in [1.82, 2.24) is 0 Å². The van der Waals surface area contributed by atoms with Crippen molar-refractivity contribution in [2.45, 2.75) is 33.7 Å². The molecule has 0 aromatic rings. The van der Waals surface area contributed by atoms with Crippen LogP contribution in [0.1, 0.15) is 27.7 Å². The zero-order chi connectivity index (χ0) is 9.89. The van der Waals surface area contributed by atoms with Gasteiger partial charge in [-0.3, -0.25) is 4.79 Å². The molecule has 3 unspecified atom stereocenters. The highest BCUT2D eigenvalue weighted by Gasteiger charge is 2.26. The molecule has 0 saturated carbocycles. The number of hydrogen-bond acceptors (Lipinski definition) is 2. The first-order valence-electron chi connectivity index (χ1n) is 4.36. The van der Waals surface area contributed by atoms with E-state index in [-0.39, 0.29) is 12.0 Å². The van der Waals surface area contributed by atoms with Crippen LogP contribution in [0.25, 0.3) is 0 Å². The van der Waals surface area contributed by atoms with Crippen LogP contribution < -0.4 is 5.73 Å². The molecule has 72 valence electrons. The van der Waals surface area contributed by atoms with Crippen LogP contribution in [0.15, 0.2) is 0 Å². The van der Waals surface area contributed by atoms with Crippen molar-refractivity contribution in [3.63, 3.8) is 0 Å². The lowest BCUT2D eigenvalue weighted by molar-refractivity contribution is -0.142. The van der Waals surface area contributed by atoms with Crippen LogP contribution in [0.2, 0.25) is 0 Å². The molecule has 0 amide bonds. The molecule has 0 aromatic carbocycles. The minimum Gasteiger partial charge on any atom is -0.481 e. The number of aliphatic carboxylic acids is 1. The third-order valence-electron chi connectivity index (χ3n) is 2.63. The predicted octanol–water partition coefficient (Wildman–Crippen LogP) is 1.33. The summed E-state index contributed by atoms with van der Waals surface area (Å²) in [5.41, 5.74) is 5.78. The van der Waals surface area contributed by atoms with E-state index in [2.05, 4.69) is 13.8 Å². The van der Waals surface area contributed by atoms with E-state index in [1.165, 1.54) is 0 Å². The number of nitrogens with two attached hydrogens (primary N) is 1. The maximum atomic E-state index is 10.6. The van der Waals surface area contributed by atoms with Gasteiger partial charge in [-0.1, -0.05) is 27.7 Å². The van der Waals surface area contributed by atoms with Crippen LogP contribution in [-0.2, 0) is 4.79 Å². The molecule has 0 saturated heterocycles. The molecule has 0 fully saturated rings. The third-order valence-corrected chi connectivity index (χ3v) is 2.63. The zero-order valence-electron chi connectivity index (χ0n) is 8.24. The largest absolute Gasteiger partial charge is 0.481 e. The van der Waals surface area contributed by atoms with Crippen molar-refractivity contribution in [2.24, 2.45) is 23.5 Å². The van der Waals surface area contributed by atoms with Gasteiger partial charge in [-0.05, 0) is 11.8 Å². The standard InChI is InChI=1S/C9H19NO2/c1-5(2)6(3)8(10)7(4)9(11)12/h5-8H,10H2,1-4H3,(H,11,12). The van der Waals surface area contributed by atoms with Crippen molar-refractivity contribution in [2.75, 3.05) is 0 Å². The molecule has 3 atom stereocenters. The average molecular weight is 173 g/mol. The summed E-state index contributed by atoms with van der Waals surface area (Å²) >= 11 is 0. The maximum Gasteiger partial charge on any atom is 0.307 e. The summed E-state index contributed by atoms with van der Waals surface area (Å²) in [6, 6.07) is -0.248. The van der Waals surface area contributed by atoms with Gasteiger partial charge in [0, 0.05) is 6.04 Å². The number of carboxylic acids is 1. The number of carboxylic acid groups (broad SMARTS) is 1. The first kappa shape index (κ1) is 11.4. The molecule has 0 spiro atoms. The van der Waals surface area contributed by atoms with Gasteiger partial charge in [0.1, 0.15) is 0 Å². The summed E-state index contributed by atoms with van der Waals surface area (Å²) in [7, 11) is 0. The van der Waals surface area contributed by atoms with E-state index < -0.39 is 11.9 Å². The summed E-state index contributed by atoms with van der Waals surface area (Å²) in [6.07, 6.45) is 0. The number of rotatable bonds is 4. The van der Waals surface area contributed by atoms with Crippen LogP contribution in [0.3, 0.4) is 0 Å². The van der Waals surface area contributed by atoms with E-state index in [4.69, 9.17) is 10.8 Å². The summed E-state index contributed by atoms with van der Waals surface area (Å²) in [5.74, 6) is -0.588. The fourth-order valence-electron chi connectivity index (χ4n) is 1.06. The van der Waals surface area contributed by atoms with Crippen molar-refractivity contribution in [1.29, 1.82) is 0 Å². The topological polar surface area (TPSA) is 63.3 Å². The Morgan fingerprint density at radius 3 is 1.92 bits per heavy atom. The molecule has 3 nitrogen and oxygen atoms in total.